The molecule has 0 atom stereocenters. The Morgan fingerprint density at radius 3 is 2.80 bits per heavy atom. The van der Waals surface area contributed by atoms with E-state index in [-0.39, 0.29) is 6.09 Å². The lowest BCUT2D eigenvalue weighted by Crippen LogP contribution is -2.61. The number of amides is 1. The van der Waals surface area contributed by atoms with Crippen molar-refractivity contribution in [3.63, 3.8) is 0 Å². The summed E-state index contributed by atoms with van der Waals surface area (Å²) in [7, 11) is 0. The van der Waals surface area contributed by atoms with Crippen LogP contribution >= 0.6 is 11.6 Å². The van der Waals surface area contributed by atoms with Gasteiger partial charge in [-0.1, -0.05) is 17.7 Å². The highest BCUT2D eigenvalue weighted by Gasteiger charge is 2.53. The highest BCUT2D eigenvalue weighted by atomic mass is 35.5. The van der Waals surface area contributed by atoms with Crippen LogP contribution in [0.25, 0.3) is 0 Å². The third-order valence-electron chi connectivity index (χ3n) is 3.46. The number of rotatable bonds is 0. The molecular formula is C14H17ClN2O3. The van der Waals surface area contributed by atoms with Gasteiger partial charge in [-0.25, -0.2) is 9.78 Å². The molecule has 0 aromatic carbocycles. The molecule has 1 aromatic rings. The number of carbonyl (C=O) groups excluding carboxylic acids is 1. The molecule has 6 heteroatoms. The van der Waals surface area contributed by atoms with Gasteiger partial charge in [-0.3, -0.25) is 0 Å². The van der Waals surface area contributed by atoms with Gasteiger partial charge in [0.15, 0.2) is 0 Å². The topological polar surface area (TPSA) is 51.7 Å². The van der Waals surface area contributed by atoms with Gasteiger partial charge in [0.25, 0.3) is 0 Å². The molecule has 1 amide bonds. The smallest absolute Gasteiger partial charge is 0.410 e. The molecule has 0 bridgehead atoms. The van der Waals surface area contributed by atoms with Crippen LogP contribution < -0.4 is 0 Å². The third kappa shape index (κ3) is 2.25. The zero-order chi connectivity index (χ0) is 14.5. The van der Waals surface area contributed by atoms with Crippen LogP contribution in [0.4, 0.5) is 4.79 Å². The van der Waals surface area contributed by atoms with Gasteiger partial charge in [0, 0.05) is 5.56 Å². The molecule has 1 fully saturated rings. The molecule has 1 saturated heterocycles. The van der Waals surface area contributed by atoms with Crippen molar-refractivity contribution in [3.8, 4) is 0 Å². The zero-order valence-corrected chi connectivity index (χ0v) is 12.5. The second-order valence-electron chi connectivity index (χ2n) is 6.25. The minimum atomic E-state index is -0.483. The van der Waals surface area contributed by atoms with Gasteiger partial charge in [-0.2, -0.15) is 0 Å². The summed E-state index contributed by atoms with van der Waals surface area (Å²) < 4.78 is 11.2. The van der Waals surface area contributed by atoms with Crippen LogP contribution in [0.5, 0.6) is 0 Å². The van der Waals surface area contributed by atoms with Crippen LogP contribution in [0.1, 0.15) is 32.0 Å². The van der Waals surface area contributed by atoms with Gasteiger partial charge in [0.05, 0.1) is 25.4 Å². The summed E-state index contributed by atoms with van der Waals surface area (Å²) in [4.78, 5) is 17.9. The zero-order valence-electron chi connectivity index (χ0n) is 11.8. The van der Waals surface area contributed by atoms with Gasteiger partial charge in [-0.05, 0) is 26.8 Å². The van der Waals surface area contributed by atoms with Crippen molar-refractivity contribution < 1.29 is 14.3 Å². The lowest BCUT2D eigenvalue weighted by molar-refractivity contribution is -0.137. The molecule has 20 heavy (non-hydrogen) atoms. The number of hydrogen-bond donors (Lipinski definition) is 0. The molecule has 0 aliphatic carbocycles. The fourth-order valence-corrected chi connectivity index (χ4v) is 2.74. The highest BCUT2D eigenvalue weighted by Crippen LogP contribution is 2.43. The van der Waals surface area contributed by atoms with Crippen molar-refractivity contribution in [2.75, 3.05) is 13.1 Å². The molecular weight excluding hydrogens is 280 g/mol. The fourth-order valence-electron chi connectivity index (χ4n) is 2.57. The number of hydrogen-bond acceptors (Lipinski definition) is 4. The number of likely N-dealkylation sites (tertiary alicyclic amines) is 1. The predicted octanol–water partition coefficient (Wildman–Crippen LogP) is 2.71. The minimum absolute atomic E-state index is 0.304. The van der Waals surface area contributed by atoms with E-state index in [0.29, 0.717) is 24.8 Å². The van der Waals surface area contributed by atoms with Crippen LogP contribution in [0.3, 0.4) is 0 Å². The molecule has 3 rings (SSSR count). The Morgan fingerprint density at radius 1 is 1.45 bits per heavy atom. The average molecular weight is 297 g/mol. The first-order valence-corrected chi connectivity index (χ1v) is 6.95. The maximum atomic E-state index is 12.0. The lowest BCUT2D eigenvalue weighted by atomic mass is 9.87. The van der Waals surface area contributed by atoms with Crippen LogP contribution in [0.2, 0.25) is 5.15 Å². The van der Waals surface area contributed by atoms with Crippen LogP contribution in [-0.2, 0) is 21.7 Å². The van der Waals surface area contributed by atoms with Crippen LogP contribution in [0.15, 0.2) is 12.1 Å². The Kier molecular flexibility index (Phi) is 2.95. The van der Waals surface area contributed by atoms with E-state index >= 15 is 0 Å². The number of carbonyl (C=O) groups is 1. The molecule has 2 aliphatic heterocycles. The largest absolute Gasteiger partial charge is 0.444 e. The Labute approximate surface area is 122 Å². The molecule has 5 nitrogen and oxygen atoms in total. The fraction of sp³-hybridized carbons (Fsp3) is 0.571. The second-order valence-corrected chi connectivity index (χ2v) is 6.63. The molecule has 2 aliphatic rings. The van der Waals surface area contributed by atoms with Crippen molar-refractivity contribution >= 4 is 17.7 Å². The van der Waals surface area contributed by atoms with Crippen molar-refractivity contribution in [1.29, 1.82) is 0 Å². The van der Waals surface area contributed by atoms with Gasteiger partial charge in [0.1, 0.15) is 16.4 Å². The van der Waals surface area contributed by atoms with E-state index in [1.807, 2.05) is 26.8 Å². The Balaban J connectivity index is 1.71. The molecule has 0 unspecified atom stereocenters. The number of ether oxygens (including phenoxy) is 2. The van der Waals surface area contributed by atoms with Crippen molar-refractivity contribution in [2.24, 2.45) is 0 Å². The standard InChI is InChI=1S/C14H17ClN2O3/c1-13(2,3)20-12(18)17-7-14(8-17)9-4-5-11(15)16-10(9)6-19-14/h4-5H,6-8H2,1-3H3. The maximum absolute atomic E-state index is 12.0. The van der Waals surface area contributed by atoms with E-state index in [1.165, 1.54) is 0 Å². The first kappa shape index (κ1) is 13.6. The summed E-state index contributed by atoms with van der Waals surface area (Å²) in [6, 6.07) is 3.69. The molecule has 3 heterocycles. The number of nitrogens with zero attached hydrogens (tertiary/aromatic N) is 2. The number of pyridine rings is 1. The Hall–Kier alpha value is -1.33. The first-order valence-electron chi connectivity index (χ1n) is 6.57. The summed E-state index contributed by atoms with van der Waals surface area (Å²) >= 11 is 5.88. The van der Waals surface area contributed by atoms with Gasteiger partial charge >= 0.3 is 6.09 Å². The monoisotopic (exact) mass is 296 g/mol. The second kappa shape index (κ2) is 4.33. The number of fused-ring (bicyclic) bond motifs is 2. The van der Waals surface area contributed by atoms with Gasteiger partial charge in [-0.15, -0.1) is 0 Å². The molecule has 1 spiro atoms. The molecule has 0 saturated carbocycles. The van der Waals surface area contributed by atoms with Crippen molar-refractivity contribution in [1.82, 2.24) is 9.88 Å². The van der Waals surface area contributed by atoms with Crippen molar-refractivity contribution in [2.45, 2.75) is 38.6 Å². The SMILES string of the molecule is CC(C)(C)OC(=O)N1CC2(C1)OCc1nc(Cl)ccc12. The predicted molar refractivity (Wildman–Crippen MR) is 73.5 cm³/mol. The van der Waals surface area contributed by atoms with E-state index in [4.69, 9.17) is 21.1 Å². The van der Waals surface area contributed by atoms with E-state index < -0.39 is 11.2 Å². The minimum Gasteiger partial charge on any atom is -0.444 e. The first-order chi connectivity index (χ1) is 9.29. The van der Waals surface area contributed by atoms with Crippen LogP contribution in [0, 0.1) is 0 Å². The maximum Gasteiger partial charge on any atom is 0.410 e. The van der Waals surface area contributed by atoms with Crippen molar-refractivity contribution in [3.05, 3.63) is 28.5 Å². The van der Waals surface area contributed by atoms with Crippen LogP contribution in [-0.4, -0.2) is 34.7 Å². The summed E-state index contributed by atoms with van der Waals surface area (Å²) in [5.74, 6) is 0. The average Bonchev–Trinajstić information content (AvgIpc) is 2.62. The van der Waals surface area contributed by atoms with E-state index in [9.17, 15) is 4.79 Å². The number of halogens is 1. The lowest BCUT2D eigenvalue weighted by Gasteiger charge is -2.47. The molecule has 108 valence electrons. The summed E-state index contributed by atoms with van der Waals surface area (Å²) in [6.07, 6.45) is -0.304. The van der Waals surface area contributed by atoms with Gasteiger partial charge in [0.2, 0.25) is 0 Å². The molecule has 1 aromatic heterocycles. The summed E-state index contributed by atoms with van der Waals surface area (Å²) in [5.41, 5.74) is 0.982. The van der Waals surface area contributed by atoms with E-state index in [2.05, 4.69) is 4.98 Å². The Morgan fingerprint density at radius 2 is 2.15 bits per heavy atom. The molecule has 0 radical (unpaired) electrons. The Bertz CT molecular complexity index is 562. The summed E-state index contributed by atoms with van der Waals surface area (Å²) in [6.45, 7) is 7.00. The summed E-state index contributed by atoms with van der Waals surface area (Å²) in [5, 5.41) is 0.465. The van der Waals surface area contributed by atoms with E-state index in [0.717, 1.165) is 11.3 Å². The number of aromatic nitrogens is 1. The van der Waals surface area contributed by atoms with Gasteiger partial charge < -0.3 is 14.4 Å². The third-order valence-corrected chi connectivity index (χ3v) is 3.67. The highest BCUT2D eigenvalue weighted by molar-refractivity contribution is 6.29. The quantitative estimate of drug-likeness (QED) is 0.691. The van der Waals surface area contributed by atoms with E-state index in [1.54, 1.807) is 11.0 Å². The normalized spacial score (nSPS) is 19.7. The molecule has 0 N–H and O–H groups in total.